The van der Waals surface area contributed by atoms with Crippen LogP contribution >= 0.6 is 0 Å². The number of rotatable bonds is 7. The number of nitrogen functional groups attached to an aromatic ring is 1. The van der Waals surface area contributed by atoms with E-state index in [1.54, 1.807) is 0 Å². The van der Waals surface area contributed by atoms with Crippen molar-refractivity contribution in [3.63, 3.8) is 0 Å². The van der Waals surface area contributed by atoms with E-state index in [0.29, 0.717) is 0 Å². The third-order valence-electron chi connectivity index (χ3n) is 4.36. The number of anilines is 1. The Bertz CT molecular complexity index is 862. The molecule has 1 saturated heterocycles. The second kappa shape index (κ2) is 9.59. The minimum absolute atomic E-state index is 0.103. The fourth-order valence-corrected chi connectivity index (χ4v) is 2.84. The number of nitrogens with one attached hydrogen (secondary N) is 2. The van der Waals surface area contributed by atoms with Gasteiger partial charge in [0, 0.05) is 6.20 Å². The first kappa shape index (κ1) is 23.2. The molecule has 15 heteroatoms. The molecule has 11 N–H and O–H groups in total. The lowest BCUT2D eigenvalue weighted by Gasteiger charge is -2.42. The van der Waals surface area contributed by atoms with Gasteiger partial charge in [-0.2, -0.15) is 4.98 Å². The monoisotopic (exact) mass is 429 g/mol. The summed E-state index contributed by atoms with van der Waals surface area (Å²) in [6, 6.07) is -1.80. The highest BCUT2D eigenvalue weighted by Gasteiger charge is 2.49. The van der Waals surface area contributed by atoms with Crippen molar-refractivity contribution in [3.05, 3.63) is 22.7 Å². The predicted octanol–water partition coefficient (Wildman–Crippen LogP) is -6.15. The van der Waals surface area contributed by atoms with Crippen LogP contribution in [0.4, 0.5) is 5.82 Å². The van der Waals surface area contributed by atoms with E-state index in [9.17, 15) is 34.5 Å². The van der Waals surface area contributed by atoms with Gasteiger partial charge in [-0.15, -0.1) is 0 Å². The third-order valence-corrected chi connectivity index (χ3v) is 4.36. The average molecular weight is 429 g/mol. The van der Waals surface area contributed by atoms with Gasteiger partial charge in [0.1, 0.15) is 24.1 Å². The zero-order valence-corrected chi connectivity index (χ0v) is 15.5. The number of primary amides is 1. The number of carbonyl (C=O) groups excluding carboxylic acids is 3. The third kappa shape index (κ3) is 4.89. The lowest BCUT2D eigenvalue weighted by molar-refractivity contribution is -0.212. The summed E-state index contributed by atoms with van der Waals surface area (Å²) in [6.45, 7) is -1.27. The first-order valence-corrected chi connectivity index (χ1v) is 8.67. The van der Waals surface area contributed by atoms with Crippen LogP contribution in [0, 0.1) is 0 Å². The Morgan fingerprint density at radius 1 is 1.30 bits per heavy atom. The summed E-state index contributed by atoms with van der Waals surface area (Å²) >= 11 is 0. The average Bonchev–Trinajstić information content (AvgIpc) is 2.69. The number of aliphatic hydroxyl groups excluding tert-OH is 3. The molecule has 166 valence electrons. The van der Waals surface area contributed by atoms with Gasteiger partial charge < -0.3 is 47.9 Å². The fraction of sp³-hybridized carbons (Fsp3) is 0.533. The minimum atomic E-state index is -1.83. The van der Waals surface area contributed by atoms with E-state index in [1.165, 1.54) is 6.07 Å². The number of aromatic nitrogens is 2. The lowest BCUT2D eigenvalue weighted by Crippen LogP contribution is -2.67. The molecule has 1 aromatic rings. The number of aliphatic hydroxyl groups is 3. The van der Waals surface area contributed by atoms with Crippen LogP contribution in [0.5, 0.6) is 0 Å². The number of carbonyl (C=O) groups is 3. The number of hydrogen-bond donors (Lipinski definition) is 8. The molecule has 6 atom stereocenters. The van der Waals surface area contributed by atoms with Gasteiger partial charge >= 0.3 is 5.69 Å². The quantitative estimate of drug-likeness (QED) is 0.202. The molecule has 30 heavy (non-hydrogen) atoms. The van der Waals surface area contributed by atoms with Crippen LogP contribution in [0.3, 0.4) is 0 Å². The van der Waals surface area contributed by atoms with Gasteiger partial charge in [-0.25, -0.2) is 4.79 Å². The molecular weight excluding hydrogens is 406 g/mol. The van der Waals surface area contributed by atoms with Crippen molar-refractivity contribution in [2.24, 2.45) is 11.5 Å². The second-order valence-corrected chi connectivity index (χ2v) is 6.41. The number of nitrogens with zero attached hydrogens (tertiary/aromatic N) is 2. The van der Waals surface area contributed by atoms with E-state index in [0.717, 1.165) is 10.8 Å². The summed E-state index contributed by atoms with van der Waals surface area (Å²) in [5.41, 5.74) is 14.9. The molecule has 1 aliphatic rings. The topological polar surface area (TPSA) is 258 Å². The maximum Gasteiger partial charge on any atom is 0.351 e. The van der Waals surface area contributed by atoms with Crippen molar-refractivity contribution in [2.45, 2.75) is 36.6 Å². The highest BCUT2D eigenvalue weighted by Crippen LogP contribution is 2.27. The molecule has 3 amide bonds. The van der Waals surface area contributed by atoms with Crippen molar-refractivity contribution >= 4 is 23.5 Å². The Morgan fingerprint density at radius 2 is 1.97 bits per heavy atom. The number of ether oxygens (including phenoxy) is 1. The molecule has 0 spiro atoms. The summed E-state index contributed by atoms with van der Waals surface area (Å²) in [4.78, 5) is 51.1. The molecule has 1 fully saturated rings. The molecule has 1 aliphatic heterocycles. The summed E-state index contributed by atoms with van der Waals surface area (Å²) in [5, 5.41) is 34.5. The van der Waals surface area contributed by atoms with E-state index in [-0.39, 0.29) is 5.82 Å². The van der Waals surface area contributed by atoms with Crippen molar-refractivity contribution in [1.29, 1.82) is 0 Å². The Morgan fingerprint density at radius 3 is 2.50 bits per heavy atom. The standard InChI is InChI=1S/C15H23N7O8/c16-3-7(24)19-5(4-23)13(28)21-8-9(25)10(26)14(30-11(8)12(18)27)22-2-1-6(17)20-15(22)29/h1-2,5,8-11,14,23,25-26H,3-4,16H2,(H2,18,27)(H,19,24)(H,21,28)(H2,17,20,29). The minimum Gasteiger partial charge on any atom is -0.394 e. The molecule has 0 aromatic carbocycles. The Labute approximate surface area is 168 Å². The Hall–Kier alpha value is -3.11. The number of amides is 3. The van der Waals surface area contributed by atoms with Gasteiger partial charge in [0.25, 0.3) is 0 Å². The van der Waals surface area contributed by atoms with Crippen molar-refractivity contribution in [2.75, 3.05) is 18.9 Å². The van der Waals surface area contributed by atoms with E-state index in [2.05, 4.69) is 15.6 Å². The van der Waals surface area contributed by atoms with Crippen LogP contribution in [0.15, 0.2) is 17.1 Å². The Kier molecular flexibility index (Phi) is 7.41. The van der Waals surface area contributed by atoms with Crippen LogP contribution in [0.25, 0.3) is 0 Å². The van der Waals surface area contributed by atoms with E-state index < -0.39 is 73.2 Å². The van der Waals surface area contributed by atoms with E-state index >= 15 is 0 Å². The molecule has 2 heterocycles. The lowest BCUT2D eigenvalue weighted by atomic mass is 9.94. The Balaban J connectivity index is 2.27. The molecule has 15 nitrogen and oxygen atoms in total. The normalized spacial score (nSPS) is 27.1. The van der Waals surface area contributed by atoms with Gasteiger partial charge in [0.05, 0.1) is 19.2 Å². The van der Waals surface area contributed by atoms with Gasteiger partial charge in [-0.3, -0.25) is 19.0 Å². The molecule has 1 aromatic heterocycles. The molecule has 0 radical (unpaired) electrons. The summed E-state index contributed by atoms with van der Waals surface area (Å²) < 4.78 is 6.17. The second-order valence-electron chi connectivity index (χ2n) is 6.41. The van der Waals surface area contributed by atoms with Crippen LogP contribution in [0.2, 0.25) is 0 Å². The van der Waals surface area contributed by atoms with Gasteiger partial charge in [0.15, 0.2) is 12.3 Å². The largest absolute Gasteiger partial charge is 0.394 e. The van der Waals surface area contributed by atoms with Crippen LogP contribution in [-0.4, -0.2) is 86.1 Å². The maximum atomic E-state index is 12.4. The summed E-state index contributed by atoms with van der Waals surface area (Å²) in [5.74, 6) is -2.98. The molecule has 0 bridgehead atoms. The highest BCUT2D eigenvalue weighted by molar-refractivity contribution is 5.89. The maximum absolute atomic E-state index is 12.4. The van der Waals surface area contributed by atoms with Crippen molar-refractivity contribution < 1.29 is 34.4 Å². The first-order chi connectivity index (χ1) is 14.1. The molecule has 0 saturated carbocycles. The number of nitrogens with two attached hydrogens (primary N) is 3. The smallest absolute Gasteiger partial charge is 0.351 e. The zero-order valence-electron chi connectivity index (χ0n) is 15.5. The van der Waals surface area contributed by atoms with Crippen LogP contribution < -0.4 is 33.5 Å². The van der Waals surface area contributed by atoms with Crippen LogP contribution in [0.1, 0.15) is 6.23 Å². The highest BCUT2D eigenvalue weighted by atomic mass is 16.5. The molecule has 6 unspecified atom stereocenters. The van der Waals surface area contributed by atoms with Gasteiger partial charge in [0.2, 0.25) is 17.7 Å². The van der Waals surface area contributed by atoms with Gasteiger partial charge in [-0.1, -0.05) is 0 Å². The summed E-state index contributed by atoms with van der Waals surface area (Å²) in [7, 11) is 0. The molecule has 0 aliphatic carbocycles. The van der Waals surface area contributed by atoms with Crippen LogP contribution in [-0.2, 0) is 19.1 Å². The van der Waals surface area contributed by atoms with E-state index in [1.807, 2.05) is 0 Å². The van der Waals surface area contributed by atoms with Gasteiger partial charge in [-0.05, 0) is 6.07 Å². The fourth-order valence-electron chi connectivity index (χ4n) is 2.84. The SMILES string of the molecule is NCC(=O)NC(CO)C(=O)NC1C(C(N)=O)OC(n2ccc(N)nc2=O)C(O)C1O. The first-order valence-electron chi connectivity index (χ1n) is 8.67. The van der Waals surface area contributed by atoms with Crippen molar-refractivity contribution in [3.8, 4) is 0 Å². The summed E-state index contributed by atoms with van der Waals surface area (Å²) in [6.07, 6.45) is -5.77. The predicted molar refractivity (Wildman–Crippen MR) is 98.0 cm³/mol. The molecular formula is C15H23N7O8. The van der Waals surface area contributed by atoms with Crippen molar-refractivity contribution in [1.82, 2.24) is 20.2 Å². The number of hydrogen-bond acceptors (Lipinski definition) is 11. The van der Waals surface area contributed by atoms with E-state index in [4.69, 9.17) is 21.9 Å². The zero-order chi connectivity index (χ0) is 22.6. The molecule has 2 rings (SSSR count).